The summed E-state index contributed by atoms with van der Waals surface area (Å²) < 4.78 is 0. The van der Waals surface area contributed by atoms with Crippen molar-refractivity contribution < 1.29 is 0 Å². The van der Waals surface area contributed by atoms with Crippen LogP contribution in [0, 0.1) is 0 Å². The third-order valence-corrected chi connectivity index (χ3v) is 2.78. The van der Waals surface area contributed by atoms with Gasteiger partial charge in [0, 0.05) is 25.7 Å². The molecule has 0 bridgehead atoms. The summed E-state index contributed by atoms with van der Waals surface area (Å²) in [4.78, 5) is 2.39. The summed E-state index contributed by atoms with van der Waals surface area (Å²) in [5, 5.41) is 0. The fourth-order valence-electron chi connectivity index (χ4n) is 1.93. The zero-order valence-corrected chi connectivity index (χ0v) is 8.97. The molecule has 1 heterocycles. The van der Waals surface area contributed by atoms with E-state index in [9.17, 15) is 0 Å². The van der Waals surface area contributed by atoms with E-state index in [-0.39, 0.29) is 0 Å². The molecule has 2 N–H and O–H groups in total. The molecular weight excluding hydrogens is 184 g/mol. The zero-order valence-electron chi connectivity index (χ0n) is 8.97. The molecule has 2 heteroatoms. The van der Waals surface area contributed by atoms with Crippen LogP contribution in [0.3, 0.4) is 0 Å². The van der Waals surface area contributed by atoms with Crippen LogP contribution in [0.1, 0.15) is 12.0 Å². The van der Waals surface area contributed by atoms with Gasteiger partial charge in [-0.2, -0.15) is 0 Å². The van der Waals surface area contributed by atoms with E-state index in [2.05, 4.69) is 41.3 Å². The summed E-state index contributed by atoms with van der Waals surface area (Å²) in [6.07, 6.45) is 5.52. The smallest absolute Gasteiger partial charge is 0.0180 e. The third kappa shape index (κ3) is 3.18. The molecule has 1 atom stereocenters. The van der Waals surface area contributed by atoms with Crippen molar-refractivity contribution in [3.05, 3.63) is 42.0 Å². The molecule has 1 aliphatic heterocycles. The number of likely N-dealkylation sites (tertiary alicyclic amines) is 1. The molecule has 0 saturated carbocycles. The van der Waals surface area contributed by atoms with Crippen LogP contribution < -0.4 is 5.73 Å². The van der Waals surface area contributed by atoms with Gasteiger partial charge in [0.25, 0.3) is 0 Å². The lowest BCUT2D eigenvalue weighted by Gasteiger charge is -2.11. The summed E-state index contributed by atoms with van der Waals surface area (Å²) in [6.45, 7) is 3.20. The van der Waals surface area contributed by atoms with Gasteiger partial charge in [-0.05, 0) is 12.0 Å². The SMILES string of the molecule is NC1CCN(C/C=C/c2ccccc2)C1. The van der Waals surface area contributed by atoms with Crippen molar-refractivity contribution in [2.24, 2.45) is 5.73 Å². The van der Waals surface area contributed by atoms with Crippen LogP contribution in [-0.2, 0) is 0 Å². The van der Waals surface area contributed by atoms with Gasteiger partial charge in [-0.1, -0.05) is 42.5 Å². The first-order valence-corrected chi connectivity index (χ1v) is 5.54. The minimum atomic E-state index is 0.384. The van der Waals surface area contributed by atoms with Gasteiger partial charge in [0.1, 0.15) is 0 Å². The predicted octanol–water partition coefficient (Wildman–Crippen LogP) is 1.73. The number of nitrogens with zero attached hydrogens (tertiary/aromatic N) is 1. The molecule has 0 radical (unpaired) electrons. The average molecular weight is 202 g/mol. The van der Waals surface area contributed by atoms with Crippen molar-refractivity contribution in [1.82, 2.24) is 4.90 Å². The van der Waals surface area contributed by atoms with Crippen molar-refractivity contribution in [3.8, 4) is 0 Å². The minimum Gasteiger partial charge on any atom is -0.326 e. The van der Waals surface area contributed by atoms with Gasteiger partial charge < -0.3 is 5.73 Å². The second-order valence-electron chi connectivity index (χ2n) is 4.12. The van der Waals surface area contributed by atoms with Crippen LogP contribution >= 0.6 is 0 Å². The highest BCUT2D eigenvalue weighted by atomic mass is 15.2. The van der Waals surface area contributed by atoms with E-state index < -0.39 is 0 Å². The lowest BCUT2D eigenvalue weighted by atomic mass is 10.2. The Labute approximate surface area is 91.4 Å². The minimum absolute atomic E-state index is 0.384. The normalized spacial score (nSPS) is 22.6. The monoisotopic (exact) mass is 202 g/mol. The maximum absolute atomic E-state index is 5.84. The topological polar surface area (TPSA) is 29.3 Å². The molecule has 1 aromatic carbocycles. The first kappa shape index (κ1) is 10.4. The molecule has 1 aromatic rings. The van der Waals surface area contributed by atoms with Gasteiger partial charge in [0.05, 0.1) is 0 Å². The lowest BCUT2D eigenvalue weighted by Crippen LogP contribution is -2.26. The fourth-order valence-corrected chi connectivity index (χ4v) is 1.93. The van der Waals surface area contributed by atoms with E-state index in [4.69, 9.17) is 5.73 Å². The molecule has 15 heavy (non-hydrogen) atoms. The highest BCUT2D eigenvalue weighted by molar-refractivity contribution is 5.48. The Kier molecular flexibility index (Phi) is 3.54. The molecule has 1 saturated heterocycles. The molecule has 0 aromatic heterocycles. The Morgan fingerprint density at radius 1 is 1.33 bits per heavy atom. The molecule has 0 amide bonds. The van der Waals surface area contributed by atoms with E-state index in [1.807, 2.05) is 6.07 Å². The summed E-state index contributed by atoms with van der Waals surface area (Å²) >= 11 is 0. The van der Waals surface area contributed by atoms with Crippen LogP contribution in [0.25, 0.3) is 6.08 Å². The molecule has 80 valence electrons. The van der Waals surface area contributed by atoms with E-state index in [1.54, 1.807) is 0 Å². The van der Waals surface area contributed by atoms with Gasteiger partial charge in [0.15, 0.2) is 0 Å². The molecule has 0 aliphatic carbocycles. The van der Waals surface area contributed by atoms with Gasteiger partial charge in [-0.3, -0.25) is 4.90 Å². The maximum atomic E-state index is 5.84. The van der Waals surface area contributed by atoms with Crippen molar-refractivity contribution in [1.29, 1.82) is 0 Å². The average Bonchev–Trinajstić information content (AvgIpc) is 2.66. The van der Waals surface area contributed by atoms with Gasteiger partial charge in [-0.25, -0.2) is 0 Å². The van der Waals surface area contributed by atoms with Crippen LogP contribution in [0.2, 0.25) is 0 Å². The Morgan fingerprint density at radius 2 is 2.13 bits per heavy atom. The Bertz CT molecular complexity index is 319. The summed E-state index contributed by atoms with van der Waals surface area (Å²) in [7, 11) is 0. The molecule has 1 aliphatic rings. The highest BCUT2D eigenvalue weighted by Gasteiger charge is 2.16. The quantitative estimate of drug-likeness (QED) is 0.809. The molecule has 2 rings (SSSR count). The van der Waals surface area contributed by atoms with Crippen LogP contribution in [0.4, 0.5) is 0 Å². The molecule has 1 unspecified atom stereocenters. The van der Waals surface area contributed by atoms with Gasteiger partial charge >= 0.3 is 0 Å². The lowest BCUT2D eigenvalue weighted by molar-refractivity contribution is 0.372. The number of nitrogens with two attached hydrogens (primary N) is 1. The predicted molar refractivity (Wildman–Crippen MR) is 64.5 cm³/mol. The van der Waals surface area contributed by atoms with Gasteiger partial charge in [0.2, 0.25) is 0 Å². The van der Waals surface area contributed by atoms with Crippen LogP contribution in [-0.4, -0.2) is 30.6 Å². The van der Waals surface area contributed by atoms with E-state index in [1.165, 1.54) is 5.56 Å². The maximum Gasteiger partial charge on any atom is 0.0180 e. The summed E-state index contributed by atoms with van der Waals surface area (Å²) in [5.41, 5.74) is 7.11. The third-order valence-electron chi connectivity index (χ3n) is 2.78. The number of benzene rings is 1. The van der Waals surface area contributed by atoms with Crippen molar-refractivity contribution in [3.63, 3.8) is 0 Å². The molecular formula is C13H18N2. The zero-order chi connectivity index (χ0) is 10.5. The molecule has 1 fully saturated rings. The van der Waals surface area contributed by atoms with E-state index in [0.29, 0.717) is 6.04 Å². The van der Waals surface area contributed by atoms with Crippen LogP contribution in [0.15, 0.2) is 36.4 Å². The largest absolute Gasteiger partial charge is 0.326 e. The standard InChI is InChI=1S/C13H18N2/c14-13-8-10-15(11-13)9-4-7-12-5-2-1-3-6-12/h1-7,13H,8-11,14H2/b7-4+. The van der Waals surface area contributed by atoms with Gasteiger partial charge in [-0.15, -0.1) is 0 Å². The summed E-state index contributed by atoms with van der Waals surface area (Å²) in [6, 6.07) is 10.8. The highest BCUT2D eigenvalue weighted by Crippen LogP contribution is 2.07. The van der Waals surface area contributed by atoms with Crippen molar-refractivity contribution in [2.75, 3.05) is 19.6 Å². The number of hydrogen-bond acceptors (Lipinski definition) is 2. The summed E-state index contributed by atoms with van der Waals surface area (Å²) in [5.74, 6) is 0. The van der Waals surface area contributed by atoms with E-state index >= 15 is 0 Å². The fraction of sp³-hybridized carbons (Fsp3) is 0.385. The van der Waals surface area contributed by atoms with Crippen LogP contribution in [0.5, 0.6) is 0 Å². The second kappa shape index (κ2) is 5.10. The Morgan fingerprint density at radius 3 is 2.80 bits per heavy atom. The van der Waals surface area contributed by atoms with Crippen molar-refractivity contribution in [2.45, 2.75) is 12.5 Å². The van der Waals surface area contributed by atoms with Crippen molar-refractivity contribution >= 4 is 6.08 Å². The Balaban J connectivity index is 1.81. The molecule has 0 spiro atoms. The number of rotatable bonds is 3. The second-order valence-corrected chi connectivity index (χ2v) is 4.12. The van der Waals surface area contributed by atoms with E-state index in [0.717, 1.165) is 26.1 Å². The number of hydrogen-bond donors (Lipinski definition) is 1. The molecule has 2 nitrogen and oxygen atoms in total. The first-order chi connectivity index (χ1) is 7.34. The first-order valence-electron chi connectivity index (χ1n) is 5.54. The Hall–Kier alpha value is -1.12.